The van der Waals surface area contributed by atoms with Crippen LogP contribution in [0, 0.1) is 0 Å². The summed E-state index contributed by atoms with van der Waals surface area (Å²) in [5.41, 5.74) is -0.232. The molecule has 0 aromatic rings. The molecular weight excluding hydrogens is 198 g/mol. The third kappa shape index (κ3) is 3.51. The second-order valence-electron chi connectivity index (χ2n) is 4.01. The zero-order chi connectivity index (χ0) is 11.3. The molecular formula is C10H17NO4. The van der Waals surface area contributed by atoms with Crippen molar-refractivity contribution in [1.82, 2.24) is 5.32 Å². The summed E-state index contributed by atoms with van der Waals surface area (Å²) in [6.45, 7) is 0.506. The maximum absolute atomic E-state index is 11.4. The van der Waals surface area contributed by atoms with Crippen molar-refractivity contribution in [2.45, 2.75) is 37.6 Å². The molecule has 0 radical (unpaired) electrons. The van der Waals surface area contributed by atoms with E-state index in [2.05, 4.69) is 5.32 Å². The molecule has 1 fully saturated rings. The summed E-state index contributed by atoms with van der Waals surface area (Å²) in [4.78, 5) is 21.7. The van der Waals surface area contributed by atoms with Crippen LogP contribution >= 0.6 is 0 Å². The van der Waals surface area contributed by atoms with Crippen LogP contribution in [0.1, 0.15) is 32.1 Å². The maximum atomic E-state index is 11.4. The zero-order valence-electron chi connectivity index (χ0n) is 8.91. The Bertz CT molecular complexity index is 248. The highest BCUT2D eigenvalue weighted by Crippen LogP contribution is 2.32. The van der Waals surface area contributed by atoms with Crippen LogP contribution in [0.3, 0.4) is 0 Å². The minimum Gasteiger partial charge on any atom is -0.481 e. The standard InChI is InChI=1S/C10H17NO4/c1-15-7-10(5-2-6-10)11-8(12)3-4-9(13)14/h2-7H2,1H3,(H,11,12)(H,13,14). The predicted octanol–water partition coefficient (Wildman–Crippen LogP) is 0.536. The number of rotatable bonds is 6. The van der Waals surface area contributed by atoms with Gasteiger partial charge in [-0.3, -0.25) is 9.59 Å². The SMILES string of the molecule is COCC1(NC(=O)CCC(=O)O)CCC1. The van der Waals surface area contributed by atoms with Gasteiger partial charge in [-0.15, -0.1) is 0 Å². The molecule has 5 heteroatoms. The molecule has 0 aromatic heterocycles. The van der Waals surface area contributed by atoms with Crippen molar-refractivity contribution in [2.24, 2.45) is 0 Å². The normalized spacial score (nSPS) is 17.9. The first-order valence-electron chi connectivity index (χ1n) is 5.10. The molecule has 1 aliphatic carbocycles. The van der Waals surface area contributed by atoms with E-state index in [1.165, 1.54) is 0 Å². The second-order valence-corrected chi connectivity index (χ2v) is 4.01. The molecule has 0 unspecified atom stereocenters. The zero-order valence-corrected chi connectivity index (χ0v) is 8.91. The molecule has 1 rings (SSSR count). The molecule has 0 aliphatic heterocycles. The number of nitrogens with one attached hydrogen (secondary N) is 1. The molecule has 15 heavy (non-hydrogen) atoms. The second kappa shape index (κ2) is 5.11. The Morgan fingerprint density at radius 1 is 1.40 bits per heavy atom. The summed E-state index contributed by atoms with van der Waals surface area (Å²) < 4.78 is 5.04. The monoisotopic (exact) mass is 215 g/mol. The Kier molecular flexibility index (Phi) is 4.08. The molecule has 0 bridgehead atoms. The van der Waals surface area contributed by atoms with Crippen molar-refractivity contribution >= 4 is 11.9 Å². The van der Waals surface area contributed by atoms with Crippen LogP contribution in [0.2, 0.25) is 0 Å². The third-order valence-electron chi connectivity index (χ3n) is 2.70. The van der Waals surface area contributed by atoms with Crippen molar-refractivity contribution in [3.63, 3.8) is 0 Å². The van der Waals surface area contributed by atoms with Gasteiger partial charge in [-0.25, -0.2) is 0 Å². The minimum absolute atomic E-state index is 0.0425. The van der Waals surface area contributed by atoms with Crippen molar-refractivity contribution in [3.8, 4) is 0 Å². The number of methoxy groups -OCH3 is 1. The van der Waals surface area contributed by atoms with Crippen LogP contribution in [0.25, 0.3) is 0 Å². The van der Waals surface area contributed by atoms with Gasteiger partial charge in [0, 0.05) is 13.5 Å². The Labute approximate surface area is 88.8 Å². The number of hydrogen-bond donors (Lipinski definition) is 2. The molecule has 0 atom stereocenters. The number of carboxylic acids is 1. The molecule has 5 nitrogen and oxygen atoms in total. The van der Waals surface area contributed by atoms with Crippen molar-refractivity contribution in [1.29, 1.82) is 0 Å². The fourth-order valence-electron chi connectivity index (χ4n) is 1.76. The van der Waals surface area contributed by atoms with Crippen LogP contribution < -0.4 is 5.32 Å². The van der Waals surface area contributed by atoms with E-state index in [-0.39, 0.29) is 24.3 Å². The Hall–Kier alpha value is -1.10. The first-order chi connectivity index (χ1) is 7.08. The van der Waals surface area contributed by atoms with Gasteiger partial charge >= 0.3 is 5.97 Å². The van der Waals surface area contributed by atoms with E-state index in [1.807, 2.05) is 0 Å². The number of carboxylic acid groups (broad SMARTS) is 1. The van der Waals surface area contributed by atoms with E-state index in [9.17, 15) is 9.59 Å². The molecule has 0 saturated heterocycles. The highest BCUT2D eigenvalue weighted by Gasteiger charge is 2.38. The van der Waals surface area contributed by atoms with Gasteiger partial charge in [0.2, 0.25) is 5.91 Å². The molecule has 1 saturated carbocycles. The smallest absolute Gasteiger partial charge is 0.303 e. The van der Waals surface area contributed by atoms with Gasteiger partial charge in [0.1, 0.15) is 0 Å². The van der Waals surface area contributed by atoms with E-state index in [4.69, 9.17) is 9.84 Å². The Balaban J connectivity index is 2.32. The quantitative estimate of drug-likeness (QED) is 0.678. The van der Waals surface area contributed by atoms with Gasteiger partial charge in [-0.1, -0.05) is 0 Å². The average molecular weight is 215 g/mol. The molecule has 1 aliphatic rings. The van der Waals surface area contributed by atoms with Crippen LogP contribution in [0.4, 0.5) is 0 Å². The molecule has 0 spiro atoms. The van der Waals surface area contributed by atoms with E-state index in [0.29, 0.717) is 6.61 Å². The number of amides is 1. The summed E-state index contributed by atoms with van der Waals surface area (Å²) >= 11 is 0. The van der Waals surface area contributed by atoms with Crippen LogP contribution in [0.5, 0.6) is 0 Å². The van der Waals surface area contributed by atoms with Gasteiger partial charge in [-0.2, -0.15) is 0 Å². The minimum atomic E-state index is -0.945. The fraction of sp³-hybridized carbons (Fsp3) is 0.800. The van der Waals surface area contributed by atoms with Crippen molar-refractivity contribution in [2.75, 3.05) is 13.7 Å². The maximum Gasteiger partial charge on any atom is 0.303 e. The molecule has 1 amide bonds. The van der Waals surface area contributed by atoms with E-state index >= 15 is 0 Å². The van der Waals surface area contributed by atoms with Gasteiger partial charge in [0.05, 0.1) is 18.6 Å². The van der Waals surface area contributed by atoms with Gasteiger partial charge in [0.25, 0.3) is 0 Å². The number of carbonyl (C=O) groups is 2. The largest absolute Gasteiger partial charge is 0.481 e. The van der Waals surface area contributed by atoms with E-state index in [0.717, 1.165) is 19.3 Å². The summed E-state index contributed by atoms with van der Waals surface area (Å²) in [7, 11) is 1.60. The first-order valence-corrected chi connectivity index (χ1v) is 5.10. The lowest BCUT2D eigenvalue weighted by Crippen LogP contribution is -2.56. The highest BCUT2D eigenvalue weighted by molar-refractivity contribution is 5.81. The lowest BCUT2D eigenvalue weighted by molar-refractivity contribution is -0.139. The summed E-state index contributed by atoms with van der Waals surface area (Å²) in [5, 5.41) is 11.3. The number of hydrogen-bond acceptors (Lipinski definition) is 3. The highest BCUT2D eigenvalue weighted by atomic mass is 16.5. The predicted molar refractivity (Wildman–Crippen MR) is 53.5 cm³/mol. The summed E-state index contributed by atoms with van der Waals surface area (Å²) in [6.07, 6.45) is 2.84. The summed E-state index contributed by atoms with van der Waals surface area (Å²) in [6, 6.07) is 0. The Morgan fingerprint density at radius 3 is 2.47 bits per heavy atom. The van der Waals surface area contributed by atoms with Gasteiger partial charge < -0.3 is 15.2 Å². The lowest BCUT2D eigenvalue weighted by Gasteiger charge is -2.41. The van der Waals surface area contributed by atoms with Crippen LogP contribution in [-0.2, 0) is 14.3 Å². The topological polar surface area (TPSA) is 75.6 Å². The molecule has 0 heterocycles. The van der Waals surface area contributed by atoms with Crippen molar-refractivity contribution in [3.05, 3.63) is 0 Å². The number of aliphatic carboxylic acids is 1. The molecule has 86 valence electrons. The Morgan fingerprint density at radius 2 is 2.07 bits per heavy atom. The lowest BCUT2D eigenvalue weighted by atomic mass is 9.77. The van der Waals surface area contributed by atoms with Crippen LogP contribution in [-0.4, -0.2) is 36.2 Å². The summed E-state index contributed by atoms with van der Waals surface area (Å²) in [5.74, 6) is -1.14. The number of ether oxygens (including phenoxy) is 1. The number of carbonyl (C=O) groups excluding carboxylic acids is 1. The van der Waals surface area contributed by atoms with E-state index in [1.54, 1.807) is 7.11 Å². The average Bonchev–Trinajstić information content (AvgIpc) is 2.11. The van der Waals surface area contributed by atoms with Gasteiger partial charge in [0.15, 0.2) is 0 Å². The van der Waals surface area contributed by atoms with Crippen molar-refractivity contribution < 1.29 is 19.4 Å². The van der Waals surface area contributed by atoms with Gasteiger partial charge in [-0.05, 0) is 19.3 Å². The third-order valence-corrected chi connectivity index (χ3v) is 2.70. The molecule has 2 N–H and O–H groups in total. The van der Waals surface area contributed by atoms with Crippen LogP contribution in [0.15, 0.2) is 0 Å². The van der Waals surface area contributed by atoms with E-state index < -0.39 is 5.97 Å². The first kappa shape index (κ1) is 12.0. The fourth-order valence-corrected chi connectivity index (χ4v) is 1.76. The molecule has 0 aromatic carbocycles.